The molecule has 0 aliphatic carbocycles. The summed E-state index contributed by atoms with van der Waals surface area (Å²) >= 11 is 3.15. The molecule has 1 aromatic heterocycles. The lowest BCUT2D eigenvalue weighted by Gasteiger charge is -2.11. The van der Waals surface area contributed by atoms with E-state index >= 15 is 0 Å². The summed E-state index contributed by atoms with van der Waals surface area (Å²) in [7, 11) is 0. The number of ether oxygens (including phenoxy) is 1. The van der Waals surface area contributed by atoms with Crippen molar-refractivity contribution in [2.24, 2.45) is 0 Å². The van der Waals surface area contributed by atoms with Crippen molar-refractivity contribution in [3.8, 4) is 0 Å². The Morgan fingerprint density at radius 1 is 1.00 bits per heavy atom. The normalized spacial score (nSPS) is 11.0. The first kappa shape index (κ1) is 22.0. The van der Waals surface area contributed by atoms with Crippen LogP contribution in [0.5, 0.6) is 0 Å². The van der Waals surface area contributed by atoms with E-state index in [1.165, 1.54) is 6.07 Å². The van der Waals surface area contributed by atoms with Crippen LogP contribution in [0.1, 0.15) is 33.4 Å². The van der Waals surface area contributed by atoms with Crippen molar-refractivity contribution in [3.63, 3.8) is 0 Å². The third kappa shape index (κ3) is 6.16. The Balaban J connectivity index is 1.79. The number of halogens is 1. The lowest BCUT2D eigenvalue weighted by atomic mass is 10.1. The van der Waals surface area contributed by atoms with Gasteiger partial charge in [-0.1, -0.05) is 30.3 Å². The maximum Gasteiger partial charge on any atom is 0.338 e. The van der Waals surface area contributed by atoms with Crippen molar-refractivity contribution < 1.29 is 23.5 Å². The zero-order chi connectivity index (χ0) is 22.2. The van der Waals surface area contributed by atoms with E-state index < -0.39 is 17.8 Å². The first-order chi connectivity index (χ1) is 15.0. The first-order valence-corrected chi connectivity index (χ1v) is 10.2. The van der Waals surface area contributed by atoms with Crippen molar-refractivity contribution in [3.05, 3.63) is 94.0 Å². The number of anilines is 1. The summed E-state index contributed by atoms with van der Waals surface area (Å²) in [6, 6.07) is 18.4. The molecular weight excluding hydrogens is 464 g/mol. The van der Waals surface area contributed by atoms with E-state index in [9.17, 15) is 14.4 Å². The highest BCUT2D eigenvalue weighted by molar-refractivity contribution is 9.10. The molecule has 0 saturated heterocycles. The topological polar surface area (TPSA) is 97.6 Å². The second-order valence-corrected chi connectivity index (χ2v) is 7.06. The number of esters is 1. The average molecular weight is 483 g/mol. The molecule has 0 radical (unpaired) electrons. The molecule has 0 fully saturated rings. The molecule has 0 unspecified atom stereocenters. The van der Waals surface area contributed by atoms with Gasteiger partial charge in [-0.25, -0.2) is 4.79 Å². The van der Waals surface area contributed by atoms with Crippen molar-refractivity contribution in [1.29, 1.82) is 0 Å². The number of carbonyl (C=O) groups is 3. The number of hydrogen-bond acceptors (Lipinski definition) is 5. The zero-order valence-electron chi connectivity index (χ0n) is 16.6. The standard InChI is InChI=1S/C23H19BrN2O5/c1-2-30-23(29)16-8-10-17(11-9-16)25-21(27)18(14-15-6-4-3-5-7-15)26-22(28)19-12-13-20(24)31-19/h3-14H,2H2,1H3,(H,25,27)(H,26,28)/b18-14-. The fourth-order valence-electron chi connectivity index (χ4n) is 2.60. The highest BCUT2D eigenvalue weighted by atomic mass is 79.9. The van der Waals surface area contributed by atoms with E-state index in [1.54, 1.807) is 55.5 Å². The second kappa shape index (κ2) is 10.4. The summed E-state index contributed by atoms with van der Waals surface area (Å²) in [5.41, 5.74) is 1.58. The van der Waals surface area contributed by atoms with Crippen LogP contribution in [0.3, 0.4) is 0 Å². The summed E-state index contributed by atoms with van der Waals surface area (Å²) in [6.45, 7) is 2.00. The van der Waals surface area contributed by atoms with Crippen LogP contribution in [-0.4, -0.2) is 24.4 Å². The molecule has 31 heavy (non-hydrogen) atoms. The summed E-state index contributed by atoms with van der Waals surface area (Å²) in [4.78, 5) is 37.2. The molecule has 158 valence electrons. The predicted octanol–water partition coefficient (Wildman–Crippen LogP) is 4.63. The van der Waals surface area contributed by atoms with Gasteiger partial charge in [0.1, 0.15) is 5.70 Å². The number of benzene rings is 2. The van der Waals surface area contributed by atoms with Crippen LogP contribution in [0.2, 0.25) is 0 Å². The van der Waals surface area contributed by atoms with E-state index in [1.807, 2.05) is 18.2 Å². The molecule has 2 amide bonds. The summed E-state index contributed by atoms with van der Waals surface area (Å²) in [5.74, 6) is -1.49. The van der Waals surface area contributed by atoms with Crippen LogP contribution in [0.15, 0.2) is 81.5 Å². The molecule has 1 heterocycles. The lowest BCUT2D eigenvalue weighted by molar-refractivity contribution is -0.113. The summed E-state index contributed by atoms with van der Waals surface area (Å²) in [6.07, 6.45) is 1.55. The largest absolute Gasteiger partial charge is 0.462 e. The molecule has 0 atom stereocenters. The van der Waals surface area contributed by atoms with Gasteiger partial charge in [-0.15, -0.1) is 0 Å². The predicted molar refractivity (Wildman–Crippen MR) is 119 cm³/mol. The zero-order valence-corrected chi connectivity index (χ0v) is 18.1. The van der Waals surface area contributed by atoms with Crippen LogP contribution in [0.4, 0.5) is 5.69 Å². The van der Waals surface area contributed by atoms with Crippen LogP contribution >= 0.6 is 15.9 Å². The first-order valence-electron chi connectivity index (χ1n) is 9.38. The van der Waals surface area contributed by atoms with Crippen LogP contribution in [-0.2, 0) is 9.53 Å². The monoisotopic (exact) mass is 482 g/mol. The van der Waals surface area contributed by atoms with Crippen molar-refractivity contribution in [2.75, 3.05) is 11.9 Å². The van der Waals surface area contributed by atoms with Gasteiger partial charge < -0.3 is 19.8 Å². The van der Waals surface area contributed by atoms with Gasteiger partial charge in [0, 0.05) is 5.69 Å². The van der Waals surface area contributed by atoms with Crippen LogP contribution in [0, 0.1) is 0 Å². The smallest absolute Gasteiger partial charge is 0.338 e. The fourth-order valence-corrected chi connectivity index (χ4v) is 2.90. The Morgan fingerprint density at radius 3 is 2.32 bits per heavy atom. The maximum atomic E-state index is 12.9. The molecule has 0 saturated carbocycles. The second-order valence-electron chi connectivity index (χ2n) is 6.28. The van der Waals surface area contributed by atoms with Gasteiger partial charge in [0.05, 0.1) is 12.2 Å². The molecule has 0 spiro atoms. The maximum absolute atomic E-state index is 12.9. The van der Waals surface area contributed by atoms with Gasteiger partial charge in [-0.2, -0.15) is 0 Å². The van der Waals surface area contributed by atoms with Crippen molar-refractivity contribution in [2.45, 2.75) is 6.92 Å². The average Bonchev–Trinajstić information content (AvgIpc) is 3.21. The SMILES string of the molecule is CCOC(=O)c1ccc(NC(=O)/C(=C/c2ccccc2)NC(=O)c2ccc(Br)o2)cc1. The minimum atomic E-state index is -0.569. The van der Waals surface area contributed by atoms with Gasteiger partial charge in [0.2, 0.25) is 0 Å². The molecule has 3 aromatic rings. The molecule has 7 nitrogen and oxygen atoms in total. The van der Waals surface area contributed by atoms with Gasteiger partial charge in [-0.3, -0.25) is 9.59 Å². The highest BCUT2D eigenvalue weighted by Gasteiger charge is 2.17. The van der Waals surface area contributed by atoms with E-state index in [0.29, 0.717) is 15.9 Å². The number of furan rings is 1. The third-order valence-corrected chi connectivity index (χ3v) is 4.48. The van der Waals surface area contributed by atoms with Gasteiger partial charge in [0.15, 0.2) is 10.4 Å². The van der Waals surface area contributed by atoms with Crippen LogP contribution in [0.25, 0.3) is 6.08 Å². The third-order valence-electron chi connectivity index (χ3n) is 4.05. The van der Waals surface area contributed by atoms with E-state index in [0.717, 1.165) is 5.56 Å². The van der Waals surface area contributed by atoms with Crippen LogP contribution < -0.4 is 10.6 Å². The molecule has 2 aromatic carbocycles. The number of nitrogens with one attached hydrogen (secondary N) is 2. The quantitative estimate of drug-likeness (QED) is 0.377. The fraction of sp³-hybridized carbons (Fsp3) is 0.0870. The van der Waals surface area contributed by atoms with Gasteiger partial charge >= 0.3 is 5.97 Å². The van der Waals surface area contributed by atoms with E-state index in [2.05, 4.69) is 26.6 Å². The summed E-state index contributed by atoms with van der Waals surface area (Å²) < 4.78 is 10.6. The van der Waals surface area contributed by atoms with Gasteiger partial charge in [-0.05, 0) is 70.9 Å². The minimum Gasteiger partial charge on any atom is -0.462 e. The molecule has 0 bridgehead atoms. The van der Waals surface area contributed by atoms with E-state index in [4.69, 9.17) is 9.15 Å². The Morgan fingerprint density at radius 2 is 1.71 bits per heavy atom. The number of rotatable bonds is 7. The highest BCUT2D eigenvalue weighted by Crippen LogP contribution is 2.16. The molecule has 0 aliphatic heterocycles. The Hall–Kier alpha value is -3.65. The Bertz CT molecular complexity index is 1100. The number of amides is 2. The van der Waals surface area contributed by atoms with E-state index in [-0.39, 0.29) is 18.1 Å². The minimum absolute atomic E-state index is 0.0261. The Kier molecular flexibility index (Phi) is 7.40. The van der Waals surface area contributed by atoms with Crippen molar-refractivity contribution >= 4 is 45.5 Å². The number of carbonyl (C=O) groups excluding carboxylic acids is 3. The molecule has 3 rings (SSSR count). The van der Waals surface area contributed by atoms with Gasteiger partial charge in [0.25, 0.3) is 11.8 Å². The number of hydrogen-bond donors (Lipinski definition) is 2. The summed E-state index contributed by atoms with van der Waals surface area (Å²) in [5, 5.41) is 5.29. The lowest BCUT2D eigenvalue weighted by Crippen LogP contribution is -2.30. The Labute approximate surface area is 187 Å². The molecule has 0 aliphatic rings. The molecule has 2 N–H and O–H groups in total. The molecular formula is C23H19BrN2O5. The van der Waals surface area contributed by atoms with Crippen molar-refractivity contribution in [1.82, 2.24) is 5.32 Å². The molecule has 8 heteroatoms.